The van der Waals surface area contributed by atoms with Crippen molar-refractivity contribution in [3.8, 4) is 0 Å². The van der Waals surface area contributed by atoms with Crippen molar-refractivity contribution in [3.63, 3.8) is 0 Å². The van der Waals surface area contributed by atoms with E-state index in [0.29, 0.717) is 15.7 Å². The van der Waals surface area contributed by atoms with E-state index < -0.39 is 11.8 Å². The molecule has 1 aliphatic heterocycles. The molecular formula is C16H18Cl2N5O3+. The number of carbonyl (C=O) groups excluding carboxylic acids is 3. The summed E-state index contributed by atoms with van der Waals surface area (Å²) < 4.78 is 4.20. The van der Waals surface area contributed by atoms with Gasteiger partial charge in [-0.2, -0.15) is 0 Å². The summed E-state index contributed by atoms with van der Waals surface area (Å²) in [7, 11) is 0. The lowest BCUT2D eigenvalue weighted by molar-refractivity contribution is -0.140. The summed E-state index contributed by atoms with van der Waals surface area (Å²) in [4.78, 5) is 36.6. The molecule has 8 nitrogen and oxygen atoms in total. The zero-order chi connectivity index (χ0) is 19.4. The minimum absolute atomic E-state index is 0.0222. The molecule has 1 heterocycles. The lowest BCUT2D eigenvalue weighted by atomic mass is 10.3. The third-order valence-corrected chi connectivity index (χ3v) is 4.10. The maximum Gasteiger partial charge on any atom is 0.386 e. The molecule has 1 fully saturated rings. The van der Waals surface area contributed by atoms with Crippen molar-refractivity contribution in [2.75, 3.05) is 5.32 Å². The number of rotatable bonds is 3. The van der Waals surface area contributed by atoms with Gasteiger partial charge in [0, 0.05) is 6.42 Å². The van der Waals surface area contributed by atoms with Gasteiger partial charge in [-0.1, -0.05) is 30.1 Å². The van der Waals surface area contributed by atoms with E-state index in [2.05, 4.69) is 20.6 Å². The number of carbonyl (C=O) groups is 3. The number of amides is 3. The van der Waals surface area contributed by atoms with Crippen LogP contribution in [0.4, 0.5) is 5.69 Å². The summed E-state index contributed by atoms with van der Waals surface area (Å²) >= 11 is 11.9. The average Bonchev–Trinajstić information content (AvgIpc) is 2.84. The summed E-state index contributed by atoms with van der Waals surface area (Å²) in [6.45, 7) is 5.16. The van der Waals surface area contributed by atoms with Crippen molar-refractivity contribution < 1.29 is 14.4 Å². The van der Waals surface area contributed by atoms with Gasteiger partial charge in [-0.25, -0.2) is 20.2 Å². The van der Waals surface area contributed by atoms with Gasteiger partial charge in [-0.05, 0) is 32.0 Å². The molecule has 0 radical (unpaired) electrons. The standard InChI is InChI=1S/C16H17Cl2N5O3/c1-4-12(24)20-15(19-9-5-6-10(17)11(18)7-9)22-16-21-13(25)14(26)23(16)8(2)3/h5-8H,4H2,1-3H3,(H2,19,20,21,22,24,25)/p+1. The highest BCUT2D eigenvalue weighted by atomic mass is 35.5. The fourth-order valence-electron chi connectivity index (χ4n) is 2.11. The molecule has 0 bridgehead atoms. The SMILES string of the molecule is CCC(=O)NC(=[N+]=C1NC(=O)C(=O)N1C(C)C)Nc1ccc(Cl)c(Cl)c1. The number of nitrogens with one attached hydrogen (secondary N) is 3. The molecule has 0 aliphatic carbocycles. The quantitative estimate of drug-likeness (QED) is 0.306. The van der Waals surface area contributed by atoms with Crippen LogP contribution >= 0.6 is 23.2 Å². The van der Waals surface area contributed by atoms with Crippen LogP contribution in [0.1, 0.15) is 27.2 Å². The Bertz CT molecular complexity index is 831. The van der Waals surface area contributed by atoms with Crippen LogP contribution in [0.5, 0.6) is 0 Å². The van der Waals surface area contributed by atoms with Crippen LogP contribution in [-0.2, 0) is 14.4 Å². The van der Waals surface area contributed by atoms with Crippen LogP contribution in [-0.4, -0.2) is 40.6 Å². The van der Waals surface area contributed by atoms with Crippen LogP contribution in [0.15, 0.2) is 18.2 Å². The van der Waals surface area contributed by atoms with Crippen molar-refractivity contribution in [1.82, 2.24) is 20.2 Å². The predicted molar refractivity (Wildman–Crippen MR) is 101 cm³/mol. The Balaban J connectivity index is 2.47. The minimum Gasteiger partial charge on any atom is -0.264 e. The van der Waals surface area contributed by atoms with E-state index in [1.165, 1.54) is 4.90 Å². The molecule has 1 aliphatic rings. The number of anilines is 1. The Kier molecular flexibility index (Phi) is 6.26. The van der Waals surface area contributed by atoms with E-state index in [1.807, 2.05) is 0 Å². The highest BCUT2D eigenvalue weighted by Crippen LogP contribution is 2.24. The van der Waals surface area contributed by atoms with E-state index in [-0.39, 0.29) is 30.3 Å². The maximum absolute atomic E-state index is 11.9. The average molecular weight is 399 g/mol. The lowest BCUT2D eigenvalue weighted by Crippen LogP contribution is -2.44. The zero-order valence-corrected chi connectivity index (χ0v) is 15.9. The van der Waals surface area contributed by atoms with Crippen molar-refractivity contribution in [1.29, 1.82) is 0 Å². The topological polar surface area (TPSA) is 105 Å². The van der Waals surface area contributed by atoms with Gasteiger partial charge < -0.3 is 0 Å². The van der Waals surface area contributed by atoms with Crippen molar-refractivity contribution in [2.24, 2.45) is 0 Å². The molecule has 1 aromatic carbocycles. The highest BCUT2D eigenvalue weighted by Gasteiger charge is 2.43. The molecule has 0 unspecified atom stereocenters. The number of guanidine groups is 2. The third kappa shape index (κ3) is 4.54. The van der Waals surface area contributed by atoms with Gasteiger partial charge in [0.25, 0.3) is 5.91 Å². The number of hydrogen-bond acceptors (Lipinski definition) is 3. The molecule has 0 atom stereocenters. The second-order valence-corrected chi connectivity index (χ2v) is 6.48. The number of halogens is 2. The molecule has 0 saturated carbocycles. The molecule has 0 aromatic heterocycles. The molecule has 26 heavy (non-hydrogen) atoms. The van der Waals surface area contributed by atoms with Crippen LogP contribution in [0.25, 0.3) is 0 Å². The molecule has 0 spiro atoms. The normalized spacial score (nSPS) is 13.6. The summed E-state index contributed by atoms with van der Waals surface area (Å²) in [5.41, 5.74) is 0.516. The molecule has 1 saturated heterocycles. The van der Waals surface area contributed by atoms with Crippen LogP contribution in [0.3, 0.4) is 0 Å². The van der Waals surface area contributed by atoms with Crippen LogP contribution < -0.4 is 20.6 Å². The Hall–Kier alpha value is -2.54. The Morgan fingerprint density at radius 1 is 1.27 bits per heavy atom. The van der Waals surface area contributed by atoms with E-state index in [4.69, 9.17) is 23.2 Å². The second kappa shape index (κ2) is 8.23. The van der Waals surface area contributed by atoms with Gasteiger partial charge >= 0.3 is 23.7 Å². The van der Waals surface area contributed by atoms with Gasteiger partial charge in [0.05, 0.1) is 21.8 Å². The first-order chi connectivity index (χ1) is 12.2. The number of hydrogen-bond donors (Lipinski definition) is 3. The first kappa shape index (κ1) is 19.8. The van der Waals surface area contributed by atoms with Crippen molar-refractivity contribution >= 4 is 58.5 Å². The first-order valence-corrected chi connectivity index (χ1v) is 8.60. The van der Waals surface area contributed by atoms with Gasteiger partial charge in [0.15, 0.2) is 0 Å². The Morgan fingerprint density at radius 2 is 1.96 bits per heavy atom. The molecule has 3 amide bonds. The molecule has 10 heteroatoms. The third-order valence-electron chi connectivity index (χ3n) is 3.36. The fraction of sp³-hybridized carbons (Fsp3) is 0.312. The second-order valence-electron chi connectivity index (χ2n) is 5.66. The summed E-state index contributed by atoms with van der Waals surface area (Å²) in [6.07, 6.45) is 0.219. The van der Waals surface area contributed by atoms with Crippen molar-refractivity contribution in [3.05, 3.63) is 28.2 Å². The summed E-state index contributed by atoms with van der Waals surface area (Å²) in [5, 5.41) is 8.56. The molecular weight excluding hydrogens is 381 g/mol. The number of nitrogens with zero attached hydrogens (tertiary/aromatic N) is 2. The van der Waals surface area contributed by atoms with Gasteiger partial charge in [-0.15, -0.1) is 0 Å². The smallest absolute Gasteiger partial charge is 0.264 e. The first-order valence-electron chi connectivity index (χ1n) is 7.85. The predicted octanol–water partition coefficient (Wildman–Crippen LogP) is 1.08. The van der Waals surface area contributed by atoms with E-state index in [1.54, 1.807) is 39.0 Å². The fourth-order valence-corrected chi connectivity index (χ4v) is 2.40. The number of benzene rings is 1. The van der Waals surface area contributed by atoms with E-state index in [9.17, 15) is 14.4 Å². The molecule has 2 rings (SSSR count). The van der Waals surface area contributed by atoms with Gasteiger partial charge in [0.1, 0.15) is 0 Å². The Labute approximate surface area is 160 Å². The van der Waals surface area contributed by atoms with Crippen LogP contribution in [0.2, 0.25) is 10.0 Å². The molecule has 1 aromatic rings. The largest absolute Gasteiger partial charge is 0.386 e. The molecule has 138 valence electrons. The zero-order valence-electron chi connectivity index (χ0n) is 14.4. The van der Waals surface area contributed by atoms with Gasteiger partial charge in [0.2, 0.25) is 0 Å². The monoisotopic (exact) mass is 398 g/mol. The van der Waals surface area contributed by atoms with Crippen molar-refractivity contribution in [2.45, 2.75) is 33.2 Å². The Morgan fingerprint density at radius 3 is 2.54 bits per heavy atom. The highest BCUT2D eigenvalue weighted by molar-refractivity contribution is 6.45. The maximum atomic E-state index is 11.9. The van der Waals surface area contributed by atoms with E-state index in [0.717, 1.165) is 0 Å². The lowest BCUT2D eigenvalue weighted by Gasteiger charge is -2.12. The van der Waals surface area contributed by atoms with E-state index >= 15 is 0 Å². The summed E-state index contributed by atoms with van der Waals surface area (Å²) in [6, 6.07) is 4.49. The van der Waals surface area contributed by atoms with Gasteiger partial charge in [-0.3, -0.25) is 19.7 Å². The molecule has 3 N–H and O–H groups in total. The van der Waals surface area contributed by atoms with Crippen LogP contribution in [0, 0.1) is 0 Å². The minimum atomic E-state index is -0.784. The summed E-state index contributed by atoms with van der Waals surface area (Å²) in [5.74, 6) is -1.74.